The van der Waals surface area contributed by atoms with Crippen molar-refractivity contribution in [3.63, 3.8) is 0 Å². The lowest BCUT2D eigenvalue weighted by Crippen LogP contribution is -2.33. The number of aryl methyl sites for hydroxylation is 1. The van der Waals surface area contributed by atoms with Crippen LogP contribution in [-0.2, 0) is 16.4 Å². The van der Waals surface area contributed by atoms with Crippen LogP contribution in [0.3, 0.4) is 0 Å². The molecule has 1 aromatic rings. The Hall–Kier alpha value is -1.27. The molecule has 21 heavy (non-hydrogen) atoms. The average Bonchev–Trinajstić information content (AvgIpc) is 2.43. The zero-order valence-electron chi connectivity index (χ0n) is 12.7. The van der Waals surface area contributed by atoms with Gasteiger partial charge in [-0.3, -0.25) is 0 Å². The molecule has 0 amide bonds. The molecule has 0 saturated carbocycles. The van der Waals surface area contributed by atoms with E-state index in [1.807, 2.05) is 6.92 Å². The van der Waals surface area contributed by atoms with Gasteiger partial charge in [0.25, 0.3) is 0 Å². The number of hydrogen-bond acceptors (Lipinski definition) is 4. The Morgan fingerprint density at radius 1 is 1.43 bits per heavy atom. The summed E-state index contributed by atoms with van der Waals surface area (Å²) in [5.74, 6) is 0.464. The molecule has 0 fully saturated rings. The number of ether oxygens (including phenoxy) is 1. The van der Waals surface area contributed by atoms with Crippen LogP contribution in [0, 0.1) is 0 Å². The van der Waals surface area contributed by atoms with Gasteiger partial charge in [-0.25, -0.2) is 13.1 Å². The van der Waals surface area contributed by atoms with E-state index in [-0.39, 0.29) is 10.9 Å². The minimum atomic E-state index is -3.61. The molecule has 1 aliphatic heterocycles. The van der Waals surface area contributed by atoms with E-state index in [4.69, 9.17) is 10.5 Å². The van der Waals surface area contributed by atoms with Crippen molar-refractivity contribution in [2.24, 2.45) is 0 Å². The van der Waals surface area contributed by atoms with Gasteiger partial charge in [0.1, 0.15) is 10.6 Å². The number of hydrogen-bond donors (Lipinski definition) is 2. The molecule has 0 radical (unpaired) electrons. The molecule has 0 spiro atoms. The molecule has 3 N–H and O–H groups in total. The predicted octanol–water partition coefficient (Wildman–Crippen LogP) is 2.45. The smallest absolute Gasteiger partial charge is 0.244 e. The van der Waals surface area contributed by atoms with Crippen molar-refractivity contribution in [1.82, 2.24) is 4.72 Å². The van der Waals surface area contributed by atoms with Crippen LogP contribution in [0.15, 0.2) is 17.0 Å². The van der Waals surface area contributed by atoms with Gasteiger partial charge < -0.3 is 10.5 Å². The summed E-state index contributed by atoms with van der Waals surface area (Å²) in [6.07, 6.45) is 4.55. The van der Waals surface area contributed by atoms with Crippen molar-refractivity contribution in [2.75, 3.05) is 12.3 Å². The normalized spacial score (nSPS) is 16.1. The Morgan fingerprint density at radius 3 is 2.90 bits per heavy atom. The topological polar surface area (TPSA) is 81.4 Å². The molecule has 0 saturated heterocycles. The quantitative estimate of drug-likeness (QED) is 0.791. The first kappa shape index (κ1) is 16.1. The van der Waals surface area contributed by atoms with Crippen molar-refractivity contribution in [3.8, 4) is 5.75 Å². The van der Waals surface area contributed by atoms with Gasteiger partial charge in [-0.2, -0.15) is 0 Å². The summed E-state index contributed by atoms with van der Waals surface area (Å²) in [6.45, 7) is 4.51. The molecule has 2 rings (SSSR count). The summed E-state index contributed by atoms with van der Waals surface area (Å²) < 4.78 is 33.5. The Morgan fingerprint density at radius 2 is 2.19 bits per heavy atom. The maximum atomic E-state index is 12.6. The van der Waals surface area contributed by atoms with Crippen LogP contribution < -0.4 is 15.2 Å². The molecule has 5 nitrogen and oxygen atoms in total. The number of unbranched alkanes of at least 4 members (excludes halogenated alkanes) is 1. The summed E-state index contributed by atoms with van der Waals surface area (Å²) in [4.78, 5) is 0.167. The van der Waals surface area contributed by atoms with E-state index in [1.165, 1.54) is 6.07 Å². The largest absolute Gasteiger partial charge is 0.492 e. The second-order valence-electron chi connectivity index (χ2n) is 5.62. The SMILES string of the molecule is CCCCC(C)NS(=O)(=O)c1cc(N)cc2c1OCCC2. The summed E-state index contributed by atoms with van der Waals surface area (Å²) in [5, 5.41) is 0. The standard InChI is InChI=1S/C15H24N2O3S/c1-3-4-6-11(2)17-21(18,19)14-10-13(16)9-12-7-5-8-20-15(12)14/h9-11,17H,3-8,16H2,1-2H3. The van der Waals surface area contributed by atoms with Crippen molar-refractivity contribution >= 4 is 15.7 Å². The molecule has 1 aliphatic rings. The van der Waals surface area contributed by atoms with E-state index in [0.29, 0.717) is 18.0 Å². The Balaban J connectivity index is 2.29. The third kappa shape index (κ3) is 3.89. The van der Waals surface area contributed by atoms with Crippen LogP contribution in [0.5, 0.6) is 5.75 Å². The van der Waals surface area contributed by atoms with Crippen molar-refractivity contribution in [3.05, 3.63) is 17.7 Å². The third-order valence-corrected chi connectivity index (χ3v) is 5.22. The lowest BCUT2D eigenvalue weighted by molar-refractivity contribution is 0.280. The van der Waals surface area contributed by atoms with E-state index in [1.54, 1.807) is 6.07 Å². The number of benzene rings is 1. The molecule has 118 valence electrons. The van der Waals surface area contributed by atoms with Crippen molar-refractivity contribution in [2.45, 2.75) is 56.9 Å². The van der Waals surface area contributed by atoms with Gasteiger partial charge >= 0.3 is 0 Å². The zero-order chi connectivity index (χ0) is 15.5. The Kier molecular flexibility index (Phi) is 5.11. The molecule has 0 aliphatic carbocycles. The number of anilines is 1. The predicted molar refractivity (Wildman–Crippen MR) is 84.0 cm³/mol. The van der Waals surface area contributed by atoms with E-state index < -0.39 is 10.0 Å². The minimum absolute atomic E-state index is 0.101. The van der Waals surface area contributed by atoms with Gasteiger partial charge in [-0.05, 0) is 43.9 Å². The molecule has 1 unspecified atom stereocenters. The number of sulfonamides is 1. The monoisotopic (exact) mass is 312 g/mol. The van der Waals surface area contributed by atoms with E-state index in [2.05, 4.69) is 11.6 Å². The highest BCUT2D eigenvalue weighted by Crippen LogP contribution is 2.34. The first-order valence-electron chi connectivity index (χ1n) is 7.51. The molecule has 0 aromatic heterocycles. The van der Waals surface area contributed by atoms with Crippen LogP contribution in [0.2, 0.25) is 0 Å². The van der Waals surface area contributed by atoms with E-state index in [9.17, 15) is 8.42 Å². The van der Waals surface area contributed by atoms with Gasteiger partial charge in [0, 0.05) is 11.7 Å². The summed E-state index contributed by atoms with van der Waals surface area (Å²) in [6, 6.07) is 3.18. The second kappa shape index (κ2) is 6.66. The molecular weight excluding hydrogens is 288 g/mol. The maximum absolute atomic E-state index is 12.6. The van der Waals surface area contributed by atoms with Gasteiger partial charge in [0.15, 0.2) is 0 Å². The fourth-order valence-corrected chi connectivity index (χ4v) is 4.07. The summed E-state index contributed by atoms with van der Waals surface area (Å²) in [5.41, 5.74) is 7.18. The van der Waals surface area contributed by atoms with E-state index in [0.717, 1.165) is 37.7 Å². The van der Waals surface area contributed by atoms with Crippen molar-refractivity contribution in [1.29, 1.82) is 0 Å². The van der Waals surface area contributed by atoms with E-state index >= 15 is 0 Å². The lowest BCUT2D eigenvalue weighted by Gasteiger charge is -2.22. The first-order valence-corrected chi connectivity index (χ1v) is 9.00. The third-order valence-electron chi connectivity index (χ3n) is 3.63. The van der Waals surface area contributed by atoms with Crippen LogP contribution >= 0.6 is 0 Å². The van der Waals surface area contributed by atoms with Gasteiger partial charge in [-0.15, -0.1) is 0 Å². The highest BCUT2D eigenvalue weighted by Gasteiger charge is 2.26. The van der Waals surface area contributed by atoms with Crippen molar-refractivity contribution < 1.29 is 13.2 Å². The average molecular weight is 312 g/mol. The molecular formula is C15H24N2O3S. The van der Waals surface area contributed by atoms with Crippen LogP contribution in [0.25, 0.3) is 0 Å². The van der Waals surface area contributed by atoms with Crippen LogP contribution in [0.1, 0.15) is 45.1 Å². The second-order valence-corrected chi connectivity index (χ2v) is 7.31. The fraction of sp³-hybridized carbons (Fsp3) is 0.600. The molecule has 1 heterocycles. The first-order chi connectivity index (χ1) is 9.94. The lowest BCUT2D eigenvalue weighted by atomic mass is 10.1. The number of nitrogens with two attached hydrogens (primary N) is 1. The maximum Gasteiger partial charge on any atom is 0.244 e. The molecule has 0 bridgehead atoms. The Labute approximate surface area is 126 Å². The summed E-state index contributed by atoms with van der Waals surface area (Å²) in [7, 11) is -3.61. The van der Waals surface area contributed by atoms with Gasteiger partial charge in [-0.1, -0.05) is 19.8 Å². The minimum Gasteiger partial charge on any atom is -0.492 e. The fourth-order valence-electron chi connectivity index (χ4n) is 2.57. The van der Waals surface area contributed by atoms with Crippen LogP contribution in [0.4, 0.5) is 5.69 Å². The Bertz CT molecular complexity index is 599. The van der Waals surface area contributed by atoms with Crippen LogP contribution in [-0.4, -0.2) is 21.1 Å². The van der Waals surface area contributed by atoms with Gasteiger partial charge in [0.05, 0.1) is 6.61 Å². The highest BCUT2D eigenvalue weighted by atomic mass is 32.2. The molecule has 6 heteroatoms. The summed E-state index contributed by atoms with van der Waals surface area (Å²) >= 11 is 0. The van der Waals surface area contributed by atoms with Gasteiger partial charge in [0.2, 0.25) is 10.0 Å². The highest BCUT2D eigenvalue weighted by molar-refractivity contribution is 7.89. The number of nitrogen functional groups attached to an aromatic ring is 1. The zero-order valence-corrected chi connectivity index (χ0v) is 13.5. The number of nitrogens with one attached hydrogen (secondary N) is 1. The molecule has 1 atom stereocenters. The number of fused-ring (bicyclic) bond motifs is 1. The number of rotatable bonds is 6. The molecule has 1 aromatic carbocycles.